The summed E-state index contributed by atoms with van der Waals surface area (Å²) in [6.45, 7) is 6.00. The van der Waals surface area contributed by atoms with Crippen LogP contribution in [-0.4, -0.2) is 30.3 Å². The van der Waals surface area contributed by atoms with Gasteiger partial charge in [-0.2, -0.15) is 0 Å². The van der Waals surface area contributed by atoms with E-state index in [4.69, 9.17) is 15.2 Å². The molecule has 6 nitrogen and oxygen atoms in total. The van der Waals surface area contributed by atoms with E-state index >= 15 is 0 Å². The van der Waals surface area contributed by atoms with Crippen LogP contribution in [0.15, 0.2) is 30.3 Å². The molecule has 0 unspecified atom stereocenters. The minimum absolute atomic E-state index is 0. The third-order valence-corrected chi connectivity index (χ3v) is 2.89. The molecule has 0 saturated heterocycles. The molecule has 0 heterocycles. The molecule has 0 aromatic heterocycles. The first-order chi connectivity index (χ1) is 10.8. The quantitative estimate of drug-likeness (QED) is 0.577. The largest absolute Gasteiger partial charge is 0.460 e. The van der Waals surface area contributed by atoms with E-state index in [-0.39, 0.29) is 19.0 Å². The van der Waals surface area contributed by atoms with Crippen molar-refractivity contribution in [1.82, 2.24) is 5.32 Å². The molecule has 0 aliphatic heterocycles. The van der Waals surface area contributed by atoms with Crippen molar-refractivity contribution in [3.8, 4) is 0 Å². The van der Waals surface area contributed by atoms with Crippen molar-refractivity contribution in [2.45, 2.75) is 51.9 Å². The number of nitrogens with two attached hydrogens (primary N) is 1. The smallest absolute Gasteiger partial charge is 0.407 e. The zero-order chi connectivity index (χ0) is 17.3. The molecule has 7 heteroatoms. The Morgan fingerprint density at radius 1 is 1.21 bits per heavy atom. The molecule has 136 valence electrons. The predicted molar refractivity (Wildman–Crippen MR) is 94.9 cm³/mol. The summed E-state index contributed by atoms with van der Waals surface area (Å²) in [6.07, 6.45) is 0.530. The van der Waals surface area contributed by atoms with Crippen molar-refractivity contribution >= 4 is 24.5 Å². The minimum Gasteiger partial charge on any atom is -0.460 e. The van der Waals surface area contributed by atoms with Gasteiger partial charge in [0.05, 0.1) is 0 Å². The maximum Gasteiger partial charge on any atom is 0.407 e. The Hall–Kier alpha value is -1.79. The summed E-state index contributed by atoms with van der Waals surface area (Å²) in [4.78, 5) is 23.2. The highest BCUT2D eigenvalue weighted by molar-refractivity contribution is 5.85. The molecule has 0 fully saturated rings. The van der Waals surface area contributed by atoms with Crippen molar-refractivity contribution in [3.63, 3.8) is 0 Å². The van der Waals surface area contributed by atoms with E-state index in [2.05, 4.69) is 5.32 Å². The van der Waals surface area contributed by atoms with Crippen LogP contribution in [0.2, 0.25) is 0 Å². The third kappa shape index (κ3) is 10.1. The number of benzene rings is 1. The van der Waals surface area contributed by atoms with E-state index in [0.717, 1.165) is 5.56 Å². The summed E-state index contributed by atoms with van der Waals surface area (Å²) in [7, 11) is 0. The molecule has 24 heavy (non-hydrogen) atoms. The lowest BCUT2D eigenvalue weighted by Crippen LogP contribution is -2.35. The highest BCUT2D eigenvalue weighted by atomic mass is 35.5. The summed E-state index contributed by atoms with van der Waals surface area (Å²) in [5.41, 5.74) is 6.17. The zero-order valence-corrected chi connectivity index (χ0v) is 15.2. The van der Waals surface area contributed by atoms with Gasteiger partial charge in [0.25, 0.3) is 0 Å². The van der Waals surface area contributed by atoms with Crippen LogP contribution in [-0.2, 0) is 20.9 Å². The maximum atomic E-state index is 11.8. The first-order valence-electron chi connectivity index (χ1n) is 7.71. The summed E-state index contributed by atoms with van der Waals surface area (Å²) in [6, 6.07) is 8.72. The number of carbonyl (C=O) groups excluding carboxylic acids is 2. The van der Waals surface area contributed by atoms with Gasteiger partial charge in [-0.3, -0.25) is 4.79 Å². The SMILES string of the molecule is CC(C)(C)OC(=O)NCCC[C@H](N)C(=O)OCc1ccccc1.Cl. The van der Waals surface area contributed by atoms with Crippen LogP contribution in [0.4, 0.5) is 4.79 Å². The van der Waals surface area contributed by atoms with Crippen LogP contribution in [0.1, 0.15) is 39.2 Å². The number of amides is 1. The van der Waals surface area contributed by atoms with Crippen LogP contribution in [0, 0.1) is 0 Å². The lowest BCUT2D eigenvalue weighted by atomic mass is 10.1. The second kappa shape index (κ2) is 10.9. The molecule has 0 aliphatic carbocycles. The van der Waals surface area contributed by atoms with Crippen LogP contribution < -0.4 is 11.1 Å². The molecule has 0 spiro atoms. The average molecular weight is 359 g/mol. The second-order valence-corrected chi connectivity index (χ2v) is 6.27. The Labute approximate surface area is 149 Å². The molecule has 1 rings (SSSR count). The lowest BCUT2D eigenvalue weighted by molar-refractivity contribution is -0.146. The molecule has 0 bridgehead atoms. The Bertz CT molecular complexity index is 503. The van der Waals surface area contributed by atoms with Gasteiger partial charge in [-0.1, -0.05) is 30.3 Å². The number of rotatable bonds is 7. The van der Waals surface area contributed by atoms with E-state index in [1.54, 1.807) is 20.8 Å². The number of hydrogen-bond donors (Lipinski definition) is 2. The Morgan fingerprint density at radius 3 is 2.42 bits per heavy atom. The topological polar surface area (TPSA) is 90.6 Å². The average Bonchev–Trinajstić information content (AvgIpc) is 2.48. The fraction of sp³-hybridized carbons (Fsp3) is 0.529. The molecular weight excluding hydrogens is 332 g/mol. The number of halogens is 1. The Morgan fingerprint density at radius 2 is 1.83 bits per heavy atom. The van der Waals surface area contributed by atoms with Gasteiger partial charge in [0.15, 0.2) is 0 Å². The highest BCUT2D eigenvalue weighted by Crippen LogP contribution is 2.07. The van der Waals surface area contributed by atoms with Gasteiger partial charge in [0.1, 0.15) is 18.2 Å². The van der Waals surface area contributed by atoms with Crippen molar-refractivity contribution in [1.29, 1.82) is 0 Å². The van der Waals surface area contributed by atoms with Crippen LogP contribution in [0.25, 0.3) is 0 Å². The second-order valence-electron chi connectivity index (χ2n) is 6.27. The standard InChI is InChI=1S/C17H26N2O4.ClH/c1-17(2,3)23-16(21)19-11-7-10-14(18)15(20)22-12-13-8-5-4-6-9-13;/h4-6,8-9,14H,7,10-12,18H2,1-3H3,(H,19,21);1H/t14-;/m0./s1. The van der Waals surface area contributed by atoms with E-state index in [1.165, 1.54) is 0 Å². The Kier molecular flexibility index (Phi) is 10.1. The van der Waals surface area contributed by atoms with E-state index in [0.29, 0.717) is 19.4 Å². The van der Waals surface area contributed by atoms with Crippen LogP contribution >= 0.6 is 12.4 Å². The first kappa shape index (κ1) is 22.2. The highest BCUT2D eigenvalue weighted by Gasteiger charge is 2.17. The molecule has 1 aromatic carbocycles. The number of hydrogen-bond acceptors (Lipinski definition) is 5. The zero-order valence-electron chi connectivity index (χ0n) is 14.4. The maximum absolute atomic E-state index is 11.8. The van der Waals surface area contributed by atoms with Gasteiger partial charge >= 0.3 is 12.1 Å². The number of carbonyl (C=O) groups is 2. The van der Waals surface area contributed by atoms with Crippen molar-refractivity contribution < 1.29 is 19.1 Å². The summed E-state index contributed by atoms with van der Waals surface area (Å²) < 4.78 is 10.3. The van der Waals surface area contributed by atoms with Crippen molar-refractivity contribution in [2.24, 2.45) is 5.73 Å². The number of nitrogens with one attached hydrogen (secondary N) is 1. The lowest BCUT2D eigenvalue weighted by Gasteiger charge is -2.19. The van der Waals surface area contributed by atoms with Crippen molar-refractivity contribution in [3.05, 3.63) is 35.9 Å². The van der Waals surface area contributed by atoms with Crippen LogP contribution in [0.3, 0.4) is 0 Å². The molecule has 3 N–H and O–H groups in total. The van der Waals surface area contributed by atoms with Gasteiger partial charge in [0.2, 0.25) is 0 Å². The van der Waals surface area contributed by atoms with Gasteiger partial charge in [-0.25, -0.2) is 4.79 Å². The normalized spacial score (nSPS) is 11.8. The van der Waals surface area contributed by atoms with Gasteiger partial charge in [-0.05, 0) is 39.2 Å². The molecule has 0 radical (unpaired) electrons. The molecule has 1 amide bonds. The van der Waals surface area contributed by atoms with E-state index in [9.17, 15) is 9.59 Å². The minimum atomic E-state index is -0.695. The Balaban J connectivity index is 0.00000529. The molecule has 0 saturated carbocycles. The van der Waals surface area contributed by atoms with Crippen molar-refractivity contribution in [2.75, 3.05) is 6.54 Å². The fourth-order valence-electron chi connectivity index (χ4n) is 1.78. The summed E-state index contributed by atoms with van der Waals surface area (Å²) in [5, 5.41) is 2.62. The number of esters is 1. The fourth-order valence-corrected chi connectivity index (χ4v) is 1.78. The third-order valence-electron chi connectivity index (χ3n) is 2.89. The number of alkyl carbamates (subject to hydrolysis) is 1. The monoisotopic (exact) mass is 358 g/mol. The number of ether oxygens (including phenoxy) is 2. The summed E-state index contributed by atoms with van der Waals surface area (Å²) >= 11 is 0. The molecule has 0 aliphatic rings. The van der Waals surface area contributed by atoms with Gasteiger partial charge < -0.3 is 20.5 Å². The van der Waals surface area contributed by atoms with Gasteiger partial charge in [0, 0.05) is 6.54 Å². The molecular formula is C17H27ClN2O4. The van der Waals surface area contributed by atoms with E-state index < -0.39 is 23.7 Å². The molecule has 1 atom stereocenters. The van der Waals surface area contributed by atoms with E-state index in [1.807, 2.05) is 30.3 Å². The van der Waals surface area contributed by atoms with Gasteiger partial charge in [-0.15, -0.1) is 12.4 Å². The first-order valence-corrected chi connectivity index (χ1v) is 7.71. The predicted octanol–water partition coefficient (Wildman–Crippen LogP) is 2.78. The summed E-state index contributed by atoms with van der Waals surface area (Å²) in [5.74, 6) is -0.439. The molecule has 1 aromatic rings. The van der Waals surface area contributed by atoms with Crippen LogP contribution in [0.5, 0.6) is 0 Å².